The van der Waals surface area contributed by atoms with Crippen molar-refractivity contribution in [2.75, 3.05) is 18.6 Å². The number of nitrogens with one attached hydrogen (secondary N) is 1. The van der Waals surface area contributed by atoms with Crippen molar-refractivity contribution in [2.24, 2.45) is 7.05 Å². The summed E-state index contributed by atoms with van der Waals surface area (Å²) in [6.07, 6.45) is 2.70. The number of hydrogen-bond donors (Lipinski definition) is 1. The maximum absolute atomic E-state index is 10.8. The van der Waals surface area contributed by atoms with Gasteiger partial charge in [-0.2, -0.15) is 5.10 Å². The Bertz CT molecular complexity index is 335. The van der Waals surface area contributed by atoms with Crippen LogP contribution in [0.15, 0.2) is 6.07 Å². The number of aryl methyl sites for hydroxylation is 2. The summed E-state index contributed by atoms with van der Waals surface area (Å²) in [5.74, 6) is 0.775. The van der Waals surface area contributed by atoms with Gasteiger partial charge < -0.3 is 5.32 Å². The lowest BCUT2D eigenvalue weighted by atomic mass is 10.3. The summed E-state index contributed by atoms with van der Waals surface area (Å²) >= 11 is 0. The van der Waals surface area contributed by atoms with Crippen LogP contribution in [0.3, 0.4) is 0 Å². The van der Waals surface area contributed by atoms with Crippen molar-refractivity contribution in [1.82, 2.24) is 15.1 Å². The fourth-order valence-corrected chi connectivity index (χ4v) is 2.00. The highest BCUT2D eigenvalue weighted by Gasteiger charge is 2.00. The lowest BCUT2D eigenvalue weighted by Gasteiger charge is -2.03. The molecule has 0 radical (unpaired) electrons. The predicted molar refractivity (Wildman–Crippen MR) is 63.2 cm³/mol. The smallest absolute Gasteiger partial charge is 0.0597 e. The standard InChI is InChI=1S/C10H19N3OS/c1-9-7-10(13(2)12-9)8-11-5-4-6-15(3)14/h7,11H,4-6,8H2,1-3H3. The summed E-state index contributed by atoms with van der Waals surface area (Å²) in [5.41, 5.74) is 2.23. The third kappa shape index (κ3) is 4.57. The molecule has 0 amide bonds. The van der Waals surface area contributed by atoms with Crippen molar-refractivity contribution in [2.45, 2.75) is 19.9 Å². The van der Waals surface area contributed by atoms with Gasteiger partial charge in [-0.15, -0.1) is 0 Å². The van der Waals surface area contributed by atoms with E-state index in [1.807, 2.05) is 18.7 Å². The molecule has 5 heteroatoms. The van der Waals surface area contributed by atoms with Gasteiger partial charge in [0.25, 0.3) is 0 Å². The van der Waals surface area contributed by atoms with E-state index < -0.39 is 10.8 Å². The second-order valence-electron chi connectivity index (χ2n) is 3.71. The van der Waals surface area contributed by atoms with Gasteiger partial charge in [0.1, 0.15) is 0 Å². The topological polar surface area (TPSA) is 46.9 Å². The van der Waals surface area contributed by atoms with E-state index in [1.165, 1.54) is 5.69 Å². The van der Waals surface area contributed by atoms with Crippen molar-refractivity contribution in [1.29, 1.82) is 0 Å². The molecule has 0 saturated heterocycles. The molecule has 1 aromatic heterocycles. The highest BCUT2D eigenvalue weighted by atomic mass is 32.2. The fourth-order valence-electron chi connectivity index (χ4n) is 1.45. The normalized spacial score (nSPS) is 13.0. The molecule has 0 saturated carbocycles. The van der Waals surface area contributed by atoms with Gasteiger partial charge in [0.15, 0.2) is 0 Å². The van der Waals surface area contributed by atoms with E-state index >= 15 is 0 Å². The Balaban J connectivity index is 2.20. The number of hydrogen-bond acceptors (Lipinski definition) is 3. The minimum Gasteiger partial charge on any atom is -0.311 e. The fraction of sp³-hybridized carbons (Fsp3) is 0.700. The molecular formula is C10H19N3OS. The molecule has 0 aliphatic carbocycles. The lowest BCUT2D eigenvalue weighted by molar-refractivity contribution is 0.617. The summed E-state index contributed by atoms with van der Waals surface area (Å²) < 4.78 is 12.7. The van der Waals surface area contributed by atoms with Gasteiger partial charge in [-0.1, -0.05) is 0 Å². The molecule has 1 N–H and O–H groups in total. The Hall–Kier alpha value is -0.680. The van der Waals surface area contributed by atoms with Gasteiger partial charge in [0.05, 0.1) is 11.4 Å². The van der Waals surface area contributed by atoms with Gasteiger partial charge in [-0.3, -0.25) is 8.89 Å². The van der Waals surface area contributed by atoms with Gasteiger partial charge in [-0.05, 0) is 26.0 Å². The molecule has 1 rings (SSSR count). The third-order valence-electron chi connectivity index (χ3n) is 2.19. The average molecular weight is 229 g/mol. The molecule has 0 bridgehead atoms. The summed E-state index contributed by atoms with van der Waals surface area (Å²) in [5, 5.41) is 7.58. The van der Waals surface area contributed by atoms with Crippen LogP contribution >= 0.6 is 0 Å². The van der Waals surface area contributed by atoms with Crippen molar-refractivity contribution < 1.29 is 4.21 Å². The molecule has 1 atom stereocenters. The summed E-state index contributed by atoms with van der Waals surface area (Å²) in [6, 6.07) is 2.07. The molecule has 1 unspecified atom stereocenters. The monoisotopic (exact) mass is 229 g/mol. The minimum absolute atomic E-state index is 0.671. The zero-order valence-electron chi connectivity index (χ0n) is 9.62. The van der Waals surface area contributed by atoms with E-state index in [1.54, 1.807) is 6.26 Å². The molecule has 1 aromatic rings. The van der Waals surface area contributed by atoms with Crippen LogP contribution in [0.5, 0.6) is 0 Å². The maximum Gasteiger partial charge on any atom is 0.0597 e. The Morgan fingerprint density at radius 1 is 1.60 bits per heavy atom. The van der Waals surface area contributed by atoms with E-state index in [0.29, 0.717) is 0 Å². The van der Waals surface area contributed by atoms with E-state index in [-0.39, 0.29) is 0 Å². The highest BCUT2D eigenvalue weighted by Crippen LogP contribution is 2.00. The molecule has 1 heterocycles. The molecule has 0 aliphatic rings. The van der Waals surface area contributed by atoms with E-state index in [9.17, 15) is 4.21 Å². The summed E-state index contributed by atoms with van der Waals surface area (Å²) in [6.45, 7) is 3.72. The van der Waals surface area contributed by atoms with E-state index in [0.717, 1.165) is 31.0 Å². The summed E-state index contributed by atoms with van der Waals surface area (Å²) in [4.78, 5) is 0. The second-order valence-corrected chi connectivity index (χ2v) is 5.26. The molecule has 4 nitrogen and oxygen atoms in total. The number of aromatic nitrogens is 2. The van der Waals surface area contributed by atoms with Crippen LogP contribution < -0.4 is 5.32 Å². The minimum atomic E-state index is -0.671. The van der Waals surface area contributed by atoms with Crippen LogP contribution in [0, 0.1) is 6.92 Å². The van der Waals surface area contributed by atoms with E-state index in [2.05, 4.69) is 16.5 Å². The average Bonchev–Trinajstić information content (AvgIpc) is 2.44. The first-order valence-electron chi connectivity index (χ1n) is 5.10. The van der Waals surface area contributed by atoms with Crippen molar-refractivity contribution in [3.05, 3.63) is 17.5 Å². The number of nitrogens with zero attached hydrogens (tertiary/aromatic N) is 2. The number of rotatable bonds is 6. The van der Waals surface area contributed by atoms with E-state index in [4.69, 9.17) is 0 Å². The first-order chi connectivity index (χ1) is 7.09. The van der Waals surface area contributed by atoms with Crippen LogP contribution in [-0.2, 0) is 24.4 Å². The van der Waals surface area contributed by atoms with Crippen LogP contribution in [0.25, 0.3) is 0 Å². The molecule has 15 heavy (non-hydrogen) atoms. The Labute approximate surface area is 93.5 Å². The molecule has 0 aromatic carbocycles. The molecular weight excluding hydrogens is 210 g/mol. The Morgan fingerprint density at radius 2 is 2.33 bits per heavy atom. The van der Waals surface area contributed by atoms with Crippen LogP contribution in [0.1, 0.15) is 17.8 Å². The first kappa shape index (κ1) is 12.4. The van der Waals surface area contributed by atoms with Crippen LogP contribution in [0.2, 0.25) is 0 Å². The predicted octanol–water partition coefficient (Wildman–Crippen LogP) is 0.587. The van der Waals surface area contributed by atoms with Crippen molar-refractivity contribution in [3.63, 3.8) is 0 Å². The molecule has 0 spiro atoms. The highest BCUT2D eigenvalue weighted by molar-refractivity contribution is 7.84. The molecule has 0 fully saturated rings. The first-order valence-corrected chi connectivity index (χ1v) is 6.82. The largest absolute Gasteiger partial charge is 0.311 e. The Morgan fingerprint density at radius 3 is 2.87 bits per heavy atom. The van der Waals surface area contributed by atoms with Gasteiger partial charge in [0.2, 0.25) is 0 Å². The maximum atomic E-state index is 10.8. The third-order valence-corrected chi connectivity index (χ3v) is 3.05. The van der Waals surface area contributed by atoms with Crippen molar-refractivity contribution >= 4 is 10.8 Å². The SMILES string of the molecule is Cc1cc(CNCCCS(C)=O)n(C)n1. The van der Waals surface area contributed by atoms with Gasteiger partial charge in [-0.25, -0.2) is 0 Å². The zero-order valence-corrected chi connectivity index (χ0v) is 10.4. The quantitative estimate of drug-likeness (QED) is 0.726. The van der Waals surface area contributed by atoms with Crippen molar-refractivity contribution in [3.8, 4) is 0 Å². The van der Waals surface area contributed by atoms with Crippen LogP contribution in [0.4, 0.5) is 0 Å². The van der Waals surface area contributed by atoms with Crippen LogP contribution in [-0.4, -0.2) is 32.5 Å². The molecule has 86 valence electrons. The second kappa shape index (κ2) is 6.02. The zero-order chi connectivity index (χ0) is 11.3. The summed E-state index contributed by atoms with van der Waals surface area (Å²) in [7, 11) is 1.28. The lowest BCUT2D eigenvalue weighted by Crippen LogP contribution is -2.18. The van der Waals surface area contributed by atoms with Gasteiger partial charge >= 0.3 is 0 Å². The van der Waals surface area contributed by atoms with Gasteiger partial charge in [0, 0.05) is 36.4 Å². The Kier molecular flexibility index (Phi) is 4.98. The molecule has 0 aliphatic heterocycles.